The fraction of sp³-hybridized carbons (Fsp3) is 0.500. The van der Waals surface area contributed by atoms with Gasteiger partial charge < -0.3 is 10.6 Å². The van der Waals surface area contributed by atoms with Crippen molar-refractivity contribution < 1.29 is 9.59 Å². The number of anilines is 2. The van der Waals surface area contributed by atoms with Gasteiger partial charge in [0.25, 0.3) is 0 Å². The van der Waals surface area contributed by atoms with Gasteiger partial charge in [0.05, 0.1) is 11.4 Å². The average Bonchev–Trinajstić information content (AvgIpc) is 2.76. The molecule has 0 atom stereocenters. The second-order valence-electron chi connectivity index (χ2n) is 8.36. The molecule has 2 amide bonds. The Morgan fingerprint density at radius 1 is 0.679 bits per heavy atom. The van der Waals surface area contributed by atoms with Crippen LogP contribution in [0.3, 0.4) is 0 Å². The van der Waals surface area contributed by atoms with E-state index in [1.165, 1.54) is 12.8 Å². The Bertz CT molecular complexity index is 849. The quantitative estimate of drug-likeness (QED) is 0.698. The molecule has 0 unspecified atom stereocenters. The Balaban J connectivity index is 1.60. The second kappa shape index (κ2) is 8.76. The van der Waals surface area contributed by atoms with Crippen molar-refractivity contribution in [2.24, 2.45) is 11.8 Å². The molecule has 0 heterocycles. The SMILES string of the molecule is O=C(Nc1ccc2ccccc2c1NC(=O)C1CCCCC1)C1CCCCC1. The first-order valence-electron chi connectivity index (χ1n) is 10.9. The fourth-order valence-corrected chi connectivity index (χ4v) is 4.70. The highest BCUT2D eigenvalue weighted by Crippen LogP contribution is 2.34. The van der Waals surface area contributed by atoms with Crippen LogP contribution in [0, 0.1) is 11.8 Å². The molecule has 2 aliphatic rings. The summed E-state index contributed by atoms with van der Waals surface area (Å²) in [5.74, 6) is 0.337. The van der Waals surface area contributed by atoms with Gasteiger partial charge in [0.1, 0.15) is 0 Å². The van der Waals surface area contributed by atoms with Gasteiger partial charge >= 0.3 is 0 Å². The second-order valence-corrected chi connectivity index (χ2v) is 8.36. The van der Waals surface area contributed by atoms with Crippen LogP contribution in [0.15, 0.2) is 36.4 Å². The molecule has 0 radical (unpaired) electrons. The molecule has 2 fully saturated rings. The van der Waals surface area contributed by atoms with Crippen molar-refractivity contribution in [1.29, 1.82) is 0 Å². The van der Waals surface area contributed by atoms with E-state index in [0.29, 0.717) is 0 Å². The van der Waals surface area contributed by atoms with Crippen LogP contribution in [0.1, 0.15) is 64.2 Å². The van der Waals surface area contributed by atoms with E-state index in [0.717, 1.165) is 73.5 Å². The molecule has 2 N–H and O–H groups in total. The van der Waals surface area contributed by atoms with E-state index >= 15 is 0 Å². The van der Waals surface area contributed by atoms with Gasteiger partial charge in [-0.15, -0.1) is 0 Å². The van der Waals surface area contributed by atoms with Crippen LogP contribution >= 0.6 is 0 Å². The molecular formula is C24H30N2O2. The molecule has 0 bridgehead atoms. The molecule has 2 aromatic rings. The summed E-state index contributed by atoms with van der Waals surface area (Å²) in [4.78, 5) is 25.7. The number of hydrogen-bond acceptors (Lipinski definition) is 2. The zero-order valence-electron chi connectivity index (χ0n) is 16.5. The molecule has 0 aromatic heterocycles. The first-order valence-corrected chi connectivity index (χ1v) is 10.9. The molecule has 2 aliphatic carbocycles. The molecule has 4 nitrogen and oxygen atoms in total. The molecular weight excluding hydrogens is 348 g/mol. The van der Waals surface area contributed by atoms with Crippen LogP contribution in [0.5, 0.6) is 0 Å². The van der Waals surface area contributed by atoms with Gasteiger partial charge in [0.15, 0.2) is 0 Å². The third-order valence-corrected chi connectivity index (χ3v) is 6.39. The zero-order valence-corrected chi connectivity index (χ0v) is 16.5. The van der Waals surface area contributed by atoms with Gasteiger partial charge in [0.2, 0.25) is 11.8 Å². The van der Waals surface area contributed by atoms with Crippen molar-refractivity contribution in [2.75, 3.05) is 10.6 Å². The summed E-state index contributed by atoms with van der Waals surface area (Å²) < 4.78 is 0. The van der Waals surface area contributed by atoms with Crippen LogP contribution in [0.25, 0.3) is 10.8 Å². The maximum absolute atomic E-state index is 12.9. The number of hydrogen-bond donors (Lipinski definition) is 2. The normalized spacial score (nSPS) is 18.7. The third-order valence-electron chi connectivity index (χ3n) is 6.39. The Morgan fingerprint density at radius 3 is 1.89 bits per heavy atom. The van der Waals surface area contributed by atoms with Crippen molar-refractivity contribution in [3.63, 3.8) is 0 Å². The third kappa shape index (κ3) is 4.21. The van der Waals surface area contributed by atoms with Crippen molar-refractivity contribution in [2.45, 2.75) is 64.2 Å². The Labute approximate surface area is 167 Å². The van der Waals surface area contributed by atoms with E-state index in [1.807, 2.05) is 36.4 Å². The number of fused-ring (bicyclic) bond motifs is 1. The number of benzene rings is 2. The lowest BCUT2D eigenvalue weighted by molar-refractivity contribution is -0.121. The van der Waals surface area contributed by atoms with Crippen LogP contribution in [0.2, 0.25) is 0 Å². The van der Waals surface area contributed by atoms with Crippen molar-refractivity contribution in [3.05, 3.63) is 36.4 Å². The van der Waals surface area contributed by atoms with Gasteiger partial charge in [-0.05, 0) is 37.1 Å². The molecule has 148 valence electrons. The molecule has 4 heteroatoms. The summed E-state index contributed by atoms with van der Waals surface area (Å²) in [6, 6.07) is 12.0. The minimum Gasteiger partial charge on any atom is -0.324 e. The summed E-state index contributed by atoms with van der Waals surface area (Å²) in [7, 11) is 0. The van der Waals surface area contributed by atoms with Crippen LogP contribution in [0.4, 0.5) is 11.4 Å². The van der Waals surface area contributed by atoms with Crippen LogP contribution < -0.4 is 10.6 Å². The summed E-state index contributed by atoms with van der Waals surface area (Å²) in [6.45, 7) is 0. The molecule has 0 aliphatic heterocycles. The number of rotatable bonds is 4. The maximum atomic E-state index is 12.9. The predicted molar refractivity (Wildman–Crippen MR) is 114 cm³/mol. The van der Waals surface area contributed by atoms with Crippen LogP contribution in [-0.2, 0) is 9.59 Å². The monoisotopic (exact) mass is 378 g/mol. The summed E-state index contributed by atoms with van der Waals surface area (Å²) in [5, 5.41) is 8.35. The van der Waals surface area contributed by atoms with Gasteiger partial charge in [-0.25, -0.2) is 0 Å². The minimum atomic E-state index is 0.0783. The Hall–Kier alpha value is -2.36. The topological polar surface area (TPSA) is 58.2 Å². The summed E-state index contributed by atoms with van der Waals surface area (Å²) >= 11 is 0. The van der Waals surface area contributed by atoms with Crippen molar-refractivity contribution in [3.8, 4) is 0 Å². The highest BCUT2D eigenvalue weighted by molar-refractivity contribution is 6.10. The standard InChI is InChI=1S/C24H30N2O2/c27-23(18-10-3-1-4-11-18)25-21-16-15-17-9-7-8-14-20(17)22(21)26-24(28)19-12-5-2-6-13-19/h7-9,14-16,18-19H,1-6,10-13H2,(H,25,27)(H,26,28). The average molecular weight is 379 g/mol. The molecule has 0 saturated heterocycles. The van der Waals surface area contributed by atoms with E-state index in [9.17, 15) is 9.59 Å². The molecule has 2 aromatic carbocycles. The largest absolute Gasteiger partial charge is 0.324 e. The van der Waals surface area contributed by atoms with Gasteiger partial charge in [0, 0.05) is 17.2 Å². The van der Waals surface area contributed by atoms with Gasteiger partial charge in [-0.2, -0.15) is 0 Å². The lowest BCUT2D eigenvalue weighted by atomic mass is 9.88. The summed E-state index contributed by atoms with van der Waals surface area (Å²) in [5.41, 5.74) is 1.47. The highest BCUT2D eigenvalue weighted by atomic mass is 16.2. The number of nitrogens with one attached hydrogen (secondary N) is 2. The first kappa shape index (κ1) is 19.0. The molecule has 0 spiro atoms. The molecule has 2 saturated carbocycles. The van der Waals surface area contributed by atoms with Crippen molar-refractivity contribution >= 4 is 34.0 Å². The summed E-state index contributed by atoms with van der Waals surface area (Å²) in [6.07, 6.45) is 10.8. The first-order chi connectivity index (χ1) is 13.7. The minimum absolute atomic E-state index is 0.0783. The van der Waals surface area contributed by atoms with E-state index in [4.69, 9.17) is 0 Å². The van der Waals surface area contributed by atoms with E-state index in [1.54, 1.807) is 0 Å². The highest BCUT2D eigenvalue weighted by Gasteiger charge is 2.25. The fourth-order valence-electron chi connectivity index (χ4n) is 4.70. The lowest BCUT2D eigenvalue weighted by Crippen LogP contribution is -2.27. The Kier molecular flexibility index (Phi) is 5.94. The Morgan fingerprint density at radius 2 is 1.25 bits per heavy atom. The van der Waals surface area contributed by atoms with E-state index in [2.05, 4.69) is 10.6 Å². The molecule has 28 heavy (non-hydrogen) atoms. The smallest absolute Gasteiger partial charge is 0.227 e. The van der Waals surface area contributed by atoms with Crippen LogP contribution in [-0.4, -0.2) is 11.8 Å². The van der Waals surface area contributed by atoms with Gasteiger partial charge in [-0.1, -0.05) is 68.9 Å². The predicted octanol–water partition coefficient (Wildman–Crippen LogP) is 5.88. The number of amides is 2. The number of carbonyl (C=O) groups excluding carboxylic acids is 2. The van der Waals surface area contributed by atoms with E-state index < -0.39 is 0 Å². The molecule has 4 rings (SSSR count). The number of carbonyl (C=O) groups is 2. The maximum Gasteiger partial charge on any atom is 0.227 e. The van der Waals surface area contributed by atoms with Gasteiger partial charge in [-0.3, -0.25) is 9.59 Å². The lowest BCUT2D eigenvalue weighted by Gasteiger charge is -2.24. The van der Waals surface area contributed by atoms with E-state index in [-0.39, 0.29) is 23.7 Å². The zero-order chi connectivity index (χ0) is 19.3. The van der Waals surface area contributed by atoms with Crippen molar-refractivity contribution in [1.82, 2.24) is 0 Å².